The second-order valence-corrected chi connectivity index (χ2v) is 2.92. The van der Waals surface area contributed by atoms with Crippen LogP contribution in [0.15, 0.2) is 23.1 Å². The van der Waals surface area contributed by atoms with Crippen molar-refractivity contribution in [2.45, 2.75) is 6.42 Å². The summed E-state index contributed by atoms with van der Waals surface area (Å²) in [6.07, 6.45) is 5.31. The molecule has 0 aromatic carbocycles. The first-order valence-corrected chi connectivity index (χ1v) is 4.58. The third-order valence-electron chi connectivity index (χ3n) is 1.57. The molecule has 2 aromatic heterocycles. The molecule has 0 amide bonds. The number of rotatable bonds is 3. The van der Waals surface area contributed by atoms with Crippen LogP contribution in [-0.4, -0.2) is 26.0 Å². The number of aromatic nitrogens is 4. The van der Waals surface area contributed by atoms with Crippen molar-refractivity contribution < 1.29 is 4.52 Å². The van der Waals surface area contributed by atoms with Gasteiger partial charge in [0.2, 0.25) is 11.7 Å². The van der Waals surface area contributed by atoms with Gasteiger partial charge in [-0.1, -0.05) is 5.16 Å². The maximum Gasteiger partial charge on any atom is 0.228 e. The molecule has 0 saturated carbocycles. The standard InChI is InChI=1S/C8H7ClN4O/c9-2-1-7-12-8(13-14-7)6-5-10-3-4-11-6/h3-5H,1-2H2. The number of aryl methyl sites for hydroxylation is 1. The van der Waals surface area contributed by atoms with Crippen LogP contribution in [0.2, 0.25) is 0 Å². The van der Waals surface area contributed by atoms with E-state index in [9.17, 15) is 0 Å². The van der Waals surface area contributed by atoms with Crippen molar-refractivity contribution >= 4 is 11.6 Å². The van der Waals surface area contributed by atoms with Crippen molar-refractivity contribution in [3.05, 3.63) is 24.5 Å². The van der Waals surface area contributed by atoms with Crippen molar-refractivity contribution in [2.24, 2.45) is 0 Å². The zero-order valence-corrected chi connectivity index (χ0v) is 7.98. The van der Waals surface area contributed by atoms with Crippen molar-refractivity contribution in [3.63, 3.8) is 0 Å². The van der Waals surface area contributed by atoms with Gasteiger partial charge in [-0.15, -0.1) is 11.6 Å². The molecule has 6 heteroatoms. The van der Waals surface area contributed by atoms with E-state index in [1.807, 2.05) is 0 Å². The monoisotopic (exact) mass is 210 g/mol. The molecule has 2 rings (SSSR count). The van der Waals surface area contributed by atoms with Gasteiger partial charge in [0.25, 0.3) is 0 Å². The minimum Gasteiger partial charge on any atom is -0.339 e. The Morgan fingerprint density at radius 1 is 1.36 bits per heavy atom. The molecule has 0 fully saturated rings. The summed E-state index contributed by atoms with van der Waals surface area (Å²) in [7, 11) is 0. The molecule has 0 aliphatic heterocycles. The highest BCUT2D eigenvalue weighted by atomic mass is 35.5. The first-order chi connectivity index (χ1) is 6.90. The lowest BCUT2D eigenvalue weighted by Crippen LogP contribution is -1.88. The van der Waals surface area contributed by atoms with Crippen molar-refractivity contribution in [3.8, 4) is 11.5 Å². The lowest BCUT2D eigenvalue weighted by Gasteiger charge is -1.88. The summed E-state index contributed by atoms with van der Waals surface area (Å²) < 4.78 is 4.95. The Labute approximate surface area is 85.1 Å². The number of nitrogens with zero attached hydrogens (tertiary/aromatic N) is 4. The van der Waals surface area contributed by atoms with Gasteiger partial charge in [0.05, 0.1) is 6.20 Å². The number of hydrogen-bond acceptors (Lipinski definition) is 5. The highest BCUT2D eigenvalue weighted by molar-refractivity contribution is 6.17. The first kappa shape index (κ1) is 9.08. The Morgan fingerprint density at radius 3 is 3.00 bits per heavy atom. The molecule has 2 aromatic rings. The predicted octanol–water partition coefficient (Wildman–Crippen LogP) is 1.31. The van der Waals surface area contributed by atoms with Gasteiger partial charge < -0.3 is 4.52 Å². The molecular formula is C8H7ClN4O. The van der Waals surface area contributed by atoms with Crippen LogP contribution in [0.25, 0.3) is 11.5 Å². The molecule has 14 heavy (non-hydrogen) atoms. The summed E-state index contributed by atoms with van der Waals surface area (Å²) in [5.74, 6) is 1.42. The van der Waals surface area contributed by atoms with Gasteiger partial charge in [-0.2, -0.15) is 4.98 Å². The second-order valence-electron chi connectivity index (χ2n) is 2.54. The van der Waals surface area contributed by atoms with Crippen molar-refractivity contribution in [1.29, 1.82) is 0 Å². The summed E-state index contributed by atoms with van der Waals surface area (Å²) in [6, 6.07) is 0. The van der Waals surface area contributed by atoms with E-state index in [0.29, 0.717) is 29.7 Å². The molecule has 0 bridgehead atoms. The molecule has 72 valence electrons. The molecule has 0 N–H and O–H groups in total. The van der Waals surface area contributed by atoms with Crippen LogP contribution in [0.3, 0.4) is 0 Å². The van der Waals surface area contributed by atoms with Gasteiger partial charge in [0, 0.05) is 24.7 Å². The smallest absolute Gasteiger partial charge is 0.228 e. The van der Waals surface area contributed by atoms with Crippen LogP contribution >= 0.6 is 11.6 Å². The molecule has 0 saturated heterocycles. The molecule has 0 aliphatic rings. The highest BCUT2D eigenvalue weighted by Gasteiger charge is 2.08. The van der Waals surface area contributed by atoms with E-state index in [1.54, 1.807) is 18.6 Å². The largest absolute Gasteiger partial charge is 0.339 e. The maximum atomic E-state index is 5.54. The van der Waals surface area contributed by atoms with Gasteiger partial charge in [0.15, 0.2) is 0 Å². The Balaban J connectivity index is 2.25. The summed E-state index contributed by atoms with van der Waals surface area (Å²) in [5.41, 5.74) is 0.595. The van der Waals surface area contributed by atoms with Gasteiger partial charge >= 0.3 is 0 Å². The molecule has 0 aliphatic carbocycles. The Morgan fingerprint density at radius 2 is 2.29 bits per heavy atom. The first-order valence-electron chi connectivity index (χ1n) is 4.05. The van der Waals surface area contributed by atoms with Gasteiger partial charge in [-0.25, -0.2) is 4.98 Å². The number of halogens is 1. The van der Waals surface area contributed by atoms with Gasteiger partial charge in [-0.3, -0.25) is 4.98 Å². The summed E-state index contributed by atoms with van der Waals surface area (Å²) in [6.45, 7) is 0. The van der Waals surface area contributed by atoms with Crippen LogP contribution < -0.4 is 0 Å². The Hall–Kier alpha value is -1.49. The van der Waals surface area contributed by atoms with E-state index >= 15 is 0 Å². The normalized spacial score (nSPS) is 10.4. The molecular weight excluding hydrogens is 204 g/mol. The van der Waals surface area contributed by atoms with E-state index in [2.05, 4.69) is 20.1 Å². The number of hydrogen-bond donors (Lipinski definition) is 0. The fraction of sp³-hybridized carbons (Fsp3) is 0.250. The minimum atomic E-state index is 0.443. The summed E-state index contributed by atoms with van der Waals surface area (Å²) in [5, 5.41) is 3.76. The fourth-order valence-corrected chi connectivity index (χ4v) is 1.12. The van der Waals surface area contributed by atoms with Crippen molar-refractivity contribution in [1.82, 2.24) is 20.1 Å². The van der Waals surface area contributed by atoms with E-state index in [0.717, 1.165) is 0 Å². The topological polar surface area (TPSA) is 64.7 Å². The summed E-state index contributed by atoms with van der Waals surface area (Å²) >= 11 is 5.54. The minimum absolute atomic E-state index is 0.443. The number of alkyl halides is 1. The van der Waals surface area contributed by atoms with Crippen LogP contribution in [0.5, 0.6) is 0 Å². The van der Waals surface area contributed by atoms with Crippen LogP contribution in [0.4, 0.5) is 0 Å². The lowest BCUT2D eigenvalue weighted by molar-refractivity contribution is 0.383. The fourth-order valence-electron chi connectivity index (χ4n) is 0.956. The quantitative estimate of drug-likeness (QED) is 0.715. The second kappa shape index (κ2) is 4.15. The van der Waals surface area contributed by atoms with Crippen LogP contribution in [0, 0.1) is 0 Å². The zero-order valence-electron chi connectivity index (χ0n) is 7.22. The average Bonchev–Trinajstić information content (AvgIpc) is 2.68. The maximum absolute atomic E-state index is 5.54. The average molecular weight is 211 g/mol. The molecule has 0 spiro atoms. The zero-order chi connectivity index (χ0) is 9.80. The van der Waals surface area contributed by atoms with Gasteiger partial charge in [0.1, 0.15) is 5.69 Å². The molecule has 0 atom stereocenters. The van der Waals surface area contributed by atoms with Crippen LogP contribution in [0.1, 0.15) is 5.89 Å². The van der Waals surface area contributed by atoms with Crippen LogP contribution in [-0.2, 0) is 6.42 Å². The van der Waals surface area contributed by atoms with Crippen molar-refractivity contribution in [2.75, 3.05) is 5.88 Å². The predicted molar refractivity (Wildman–Crippen MR) is 49.7 cm³/mol. The third kappa shape index (κ3) is 1.88. The molecule has 0 radical (unpaired) electrons. The molecule has 0 unspecified atom stereocenters. The van der Waals surface area contributed by atoms with Gasteiger partial charge in [-0.05, 0) is 0 Å². The van der Waals surface area contributed by atoms with E-state index in [1.165, 1.54) is 0 Å². The van der Waals surface area contributed by atoms with E-state index < -0.39 is 0 Å². The summed E-state index contributed by atoms with van der Waals surface area (Å²) in [4.78, 5) is 12.1. The Bertz CT molecular complexity index is 403. The molecule has 5 nitrogen and oxygen atoms in total. The van der Waals surface area contributed by atoms with E-state index in [-0.39, 0.29) is 0 Å². The SMILES string of the molecule is ClCCc1nc(-c2cnccn2)no1. The lowest BCUT2D eigenvalue weighted by atomic mass is 10.4. The Kier molecular flexibility index (Phi) is 2.69. The highest BCUT2D eigenvalue weighted by Crippen LogP contribution is 2.10. The molecule has 2 heterocycles. The third-order valence-corrected chi connectivity index (χ3v) is 1.76. The van der Waals surface area contributed by atoms with E-state index in [4.69, 9.17) is 16.1 Å².